The summed E-state index contributed by atoms with van der Waals surface area (Å²) < 4.78 is 7.45. The zero-order valence-corrected chi connectivity index (χ0v) is 12.6. The average molecular weight is 314 g/mol. The third kappa shape index (κ3) is 3.63. The molecule has 22 heavy (non-hydrogen) atoms. The van der Waals surface area contributed by atoms with Gasteiger partial charge in [0.1, 0.15) is 6.23 Å². The van der Waals surface area contributed by atoms with Crippen LogP contribution >= 0.6 is 0 Å². The number of aromatic nitrogens is 3. The molecule has 9 nitrogen and oxygen atoms in total. The van der Waals surface area contributed by atoms with Gasteiger partial charge in [0.05, 0.1) is 18.1 Å². The molecule has 2 unspecified atom stereocenters. The number of nitrogens with two attached hydrogens (primary N) is 1. The van der Waals surface area contributed by atoms with E-state index in [4.69, 9.17) is 25.8 Å². The second-order valence-electron chi connectivity index (χ2n) is 4.38. The lowest BCUT2D eigenvalue weighted by atomic mass is 10.2. The zero-order valence-electron chi connectivity index (χ0n) is 12.6. The number of anilines is 1. The molecule has 1 aliphatic rings. The van der Waals surface area contributed by atoms with E-state index in [-0.39, 0.29) is 30.4 Å². The highest BCUT2D eigenvalue weighted by atomic mass is 16.5. The van der Waals surface area contributed by atoms with Gasteiger partial charge in [0.25, 0.3) is 5.56 Å². The highest BCUT2D eigenvalue weighted by Gasteiger charge is 2.27. The molecule has 0 bridgehead atoms. The first-order valence-corrected chi connectivity index (χ1v) is 6.71. The van der Waals surface area contributed by atoms with E-state index >= 15 is 0 Å². The fourth-order valence-electron chi connectivity index (χ4n) is 2.32. The Morgan fingerprint density at radius 2 is 2.09 bits per heavy atom. The molecule has 0 aromatic carbocycles. The van der Waals surface area contributed by atoms with Gasteiger partial charge < -0.3 is 30.4 Å². The number of nitrogens with zero attached hydrogens (tertiary/aromatic N) is 2. The third-order valence-corrected chi connectivity index (χ3v) is 3.20. The summed E-state index contributed by atoms with van der Waals surface area (Å²) in [5.41, 5.74) is 5.80. The maximum Gasteiger partial charge on any atom is 0.261 e. The van der Waals surface area contributed by atoms with E-state index in [0.29, 0.717) is 11.0 Å². The second kappa shape index (κ2) is 8.49. The van der Waals surface area contributed by atoms with Crippen molar-refractivity contribution < 1.29 is 20.1 Å². The van der Waals surface area contributed by atoms with Crippen molar-refractivity contribution in [1.29, 1.82) is 0 Å². The molecule has 2 atom stereocenters. The van der Waals surface area contributed by atoms with E-state index in [1.807, 2.05) is 0 Å². The Morgan fingerprint density at radius 1 is 1.41 bits per heavy atom. The molecule has 6 N–H and O–H groups in total. The van der Waals surface area contributed by atoms with E-state index < -0.39 is 0 Å². The van der Waals surface area contributed by atoms with Gasteiger partial charge in [-0.3, -0.25) is 9.78 Å². The molecular formula is C13H22N4O5. The van der Waals surface area contributed by atoms with Crippen LogP contribution in [-0.2, 0) is 4.74 Å². The van der Waals surface area contributed by atoms with Crippen LogP contribution in [0.25, 0.3) is 11.0 Å². The fraction of sp³-hybridized carbons (Fsp3) is 0.538. The van der Waals surface area contributed by atoms with Gasteiger partial charge in [-0.1, -0.05) is 0 Å². The number of nitrogen functional groups attached to an aromatic ring is 1. The summed E-state index contributed by atoms with van der Waals surface area (Å²) in [6, 6.07) is 1.69. The number of aromatic amines is 1. The maximum atomic E-state index is 11.7. The van der Waals surface area contributed by atoms with Gasteiger partial charge in [-0.25, -0.2) is 0 Å². The van der Waals surface area contributed by atoms with Gasteiger partial charge in [0.2, 0.25) is 5.95 Å². The summed E-state index contributed by atoms with van der Waals surface area (Å²) in [5.74, 6) is 0.0872. The summed E-state index contributed by atoms with van der Waals surface area (Å²) in [5, 5.41) is 23.5. The Bertz CT molecular complexity index is 639. The van der Waals surface area contributed by atoms with Gasteiger partial charge in [0.15, 0.2) is 5.65 Å². The van der Waals surface area contributed by atoms with Crippen LogP contribution in [0.1, 0.15) is 19.1 Å². The molecule has 2 aromatic heterocycles. The molecule has 0 amide bonds. The first-order valence-electron chi connectivity index (χ1n) is 6.71. The van der Waals surface area contributed by atoms with Gasteiger partial charge in [-0.2, -0.15) is 4.98 Å². The summed E-state index contributed by atoms with van der Waals surface area (Å²) in [7, 11) is 2.00. The zero-order chi connectivity index (χ0) is 16.7. The first kappa shape index (κ1) is 18.1. The Kier molecular flexibility index (Phi) is 6.99. The Morgan fingerprint density at radius 3 is 2.68 bits per heavy atom. The molecule has 1 fully saturated rings. The number of hydrogen-bond acceptors (Lipinski definition) is 7. The van der Waals surface area contributed by atoms with Crippen molar-refractivity contribution in [3.63, 3.8) is 0 Å². The number of rotatable bonds is 2. The SMILES string of the molecule is CO.CO.Nc1nc2c(ccn2C2CCC(CO)O2)c(=O)[nH]1. The van der Waals surface area contributed by atoms with Gasteiger partial charge in [0, 0.05) is 20.4 Å². The van der Waals surface area contributed by atoms with E-state index in [1.54, 1.807) is 16.8 Å². The largest absolute Gasteiger partial charge is 0.400 e. The lowest BCUT2D eigenvalue weighted by molar-refractivity contribution is -0.0204. The van der Waals surface area contributed by atoms with Crippen molar-refractivity contribution in [3.8, 4) is 0 Å². The summed E-state index contributed by atoms with van der Waals surface area (Å²) in [4.78, 5) is 18.3. The number of aliphatic hydroxyl groups excluding tert-OH is 3. The minimum atomic E-state index is -0.257. The van der Waals surface area contributed by atoms with Crippen molar-refractivity contribution >= 4 is 17.0 Å². The topological polar surface area (TPSA) is 147 Å². The minimum Gasteiger partial charge on any atom is -0.400 e. The number of H-pyrrole nitrogens is 1. The number of ether oxygens (including phenoxy) is 1. The van der Waals surface area contributed by atoms with E-state index in [0.717, 1.165) is 27.1 Å². The molecule has 0 aliphatic carbocycles. The second-order valence-corrected chi connectivity index (χ2v) is 4.38. The minimum absolute atomic E-state index is 0.00581. The van der Waals surface area contributed by atoms with Crippen LogP contribution in [0.4, 0.5) is 5.95 Å². The number of hydrogen-bond donors (Lipinski definition) is 5. The number of fused-ring (bicyclic) bond motifs is 1. The van der Waals surface area contributed by atoms with Crippen LogP contribution < -0.4 is 11.3 Å². The van der Waals surface area contributed by atoms with Crippen LogP contribution in [0.5, 0.6) is 0 Å². The van der Waals surface area contributed by atoms with Crippen LogP contribution in [0.3, 0.4) is 0 Å². The van der Waals surface area contributed by atoms with Crippen LogP contribution in [0.2, 0.25) is 0 Å². The molecule has 9 heteroatoms. The van der Waals surface area contributed by atoms with Crippen molar-refractivity contribution in [3.05, 3.63) is 22.6 Å². The van der Waals surface area contributed by atoms with Crippen LogP contribution in [0, 0.1) is 0 Å². The quantitative estimate of drug-likeness (QED) is 0.487. The normalized spacial score (nSPS) is 20.0. The molecule has 2 aromatic rings. The van der Waals surface area contributed by atoms with Crippen LogP contribution in [-0.4, -0.2) is 56.8 Å². The van der Waals surface area contributed by atoms with Gasteiger partial charge in [-0.15, -0.1) is 0 Å². The van der Waals surface area contributed by atoms with E-state index in [9.17, 15) is 4.79 Å². The summed E-state index contributed by atoms with van der Waals surface area (Å²) in [6.45, 7) is 0.00581. The highest BCUT2D eigenvalue weighted by Crippen LogP contribution is 2.30. The fourth-order valence-corrected chi connectivity index (χ4v) is 2.32. The third-order valence-electron chi connectivity index (χ3n) is 3.20. The van der Waals surface area contributed by atoms with E-state index in [1.165, 1.54) is 0 Å². The summed E-state index contributed by atoms with van der Waals surface area (Å²) >= 11 is 0. The van der Waals surface area contributed by atoms with Crippen molar-refractivity contribution in [1.82, 2.24) is 14.5 Å². The van der Waals surface area contributed by atoms with E-state index in [2.05, 4.69) is 9.97 Å². The Labute approximate surface area is 127 Å². The van der Waals surface area contributed by atoms with Gasteiger partial charge in [-0.05, 0) is 18.9 Å². The average Bonchev–Trinajstić information content (AvgIpc) is 3.17. The smallest absolute Gasteiger partial charge is 0.261 e. The maximum absolute atomic E-state index is 11.7. The lowest BCUT2D eigenvalue weighted by Gasteiger charge is -2.14. The van der Waals surface area contributed by atoms with Gasteiger partial charge >= 0.3 is 0 Å². The Hall–Kier alpha value is -1.94. The molecule has 0 radical (unpaired) electrons. The molecule has 1 saturated heterocycles. The first-order chi connectivity index (χ1) is 10.7. The predicted molar refractivity (Wildman–Crippen MR) is 81.3 cm³/mol. The molecular weight excluding hydrogens is 292 g/mol. The van der Waals surface area contributed by atoms with Crippen molar-refractivity contribution in [2.45, 2.75) is 25.2 Å². The molecule has 0 spiro atoms. The highest BCUT2D eigenvalue weighted by molar-refractivity contribution is 5.76. The molecule has 3 rings (SSSR count). The molecule has 0 saturated carbocycles. The van der Waals surface area contributed by atoms with Crippen LogP contribution in [0.15, 0.2) is 17.1 Å². The standard InChI is InChI=1S/C11H14N4O3.2CH4O/c12-11-13-9-7(10(17)14-11)3-4-15(9)8-2-1-6(5-16)18-8;2*1-2/h3-4,6,8,16H,1-2,5H2,(H3,12,13,14,17);2*2H,1H3. The number of aliphatic hydroxyl groups is 3. The Balaban J connectivity index is 0.000000561. The molecule has 124 valence electrons. The van der Waals surface area contributed by atoms with Crippen molar-refractivity contribution in [2.24, 2.45) is 0 Å². The van der Waals surface area contributed by atoms with Crippen molar-refractivity contribution in [2.75, 3.05) is 26.6 Å². The lowest BCUT2D eigenvalue weighted by Crippen LogP contribution is -2.16. The summed E-state index contributed by atoms with van der Waals surface area (Å²) in [6.07, 6.45) is 2.99. The number of nitrogens with one attached hydrogen (secondary N) is 1. The predicted octanol–water partition coefficient (Wildman–Crippen LogP) is -0.806. The molecule has 3 heterocycles. The monoisotopic (exact) mass is 314 g/mol. The molecule has 1 aliphatic heterocycles.